The molecule has 0 amide bonds. The number of rotatable bonds is 7. The molecule has 2 heterocycles. The highest BCUT2D eigenvalue weighted by Crippen LogP contribution is 2.23. The Morgan fingerprint density at radius 3 is 2.57 bits per heavy atom. The molecule has 0 radical (unpaired) electrons. The molecule has 30 heavy (non-hydrogen) atoms. The predicted octanol–water partition coefficient (Wildman–Crippen LogP) is 3.18. The van der Waals surface area contributed by atoms with Crippen LogP contribution in [0, 0.1) is 0 Å². The molecule has 0 spiro atoms. The molecular weight excluding hydrogens is 394 g/mol. The van der Waals surface area contributed by atoms with Crippen molar-refractivity contribution >= 4 is 17.3 Å². The summed E-state index contributed by atoms with van der Waals surface area (Å²) in [6.45, 7) is 12.8. The van der Waals surface area contributed by atoms with Crippen molar-refractivity contribution in [3.8, 4) is 0 Å². The number of hydrogen-bond donors (Lipinski definition) is 2. The minimum atomic E-state index is 0.106. The molecule has 0 saturated carbocycles. The van der Waals surface area contributed by atoms with E-state index in [1.165, 1.54) is 21.8 Å². The SMILES string of the molecule is CN=C(NCCc1nc(C(C)(C)C)cs1)NCc1ccccc1CN1CCOCC1. The lowest BCUT2D eigenvalue weighted by molar-refractivity contribution is 0.0341. The summed E-state index contributed by atoms with van der Waals surface area (Å²) in [4.78, 5) is 11.6. The number of aliphatic imine (C=N–C) groups is 1. The molecule has 1 aromatic carbocycles. The number of guanidine groups is 1. The normalized spacial score (nSPS) is 15.9. The molecule has 0 bridgehead atoms. The van der Waals surface area contributed by atoms with Crippen LogP contribution in [-0.2, 0) is 29.7 Å². The van der Waals surface area contributed by atoms with E-state index in [0.717, 1.165) is 58.3 Å². The smallest absolute Gasteiger partial charge is 0.191 e. The highest BCUT2D eigenvalue weighted by Gasteiger charge is 2.17. The monoisotopic (exact) mass is 429 g/mol. The van der Waals surface area contributed by atoms with E-state index in [1.807, 2.05) is 7.05 Å². The summed E-state index contributed by atoms with van der Waals surface area (Å²) in [6.07, 6.45) is 0.898. The van der Waals surface area contributed by atoms with Crippen LogP contribution in [0.2, 0.25) is 0 Å². The molecule has 1 fully saturated rings. The molecule has 0 atom stereocenters. The van der Waals surface area contributed by atoms with Gasteiger partial charge in [-0.05, 0) is 11.1 Å². The van der Waals surface area contributed by atoms with Gasteiger partial charge in [0.25, 0.3) is 0 Å². The molecule has 6 nitrogen and oxygen atoms in total. The largest absolute Gasteiger partial charge is 0.379 e. The van der Waals surface area contributed by atoms with Gasteiger partial charge in [0, 0.05) is 57.0 Å². The van der Waals surface area contributed by atoms with E-state index < -0.39 is 0 Å². The molecular formula is C23H35N5OS. The summed E-state index contributed by atoms with van der Waals surface area (Å²) in [7, 11) is 1.82. The van der Waals surface area contributed by atoms with Gasteiger partial charge in [0.05, 0.1) is 23.9 Å². The number of thiazole rings is 1. The van der Waals surface area contributed by atoms with E-state index in [-0.39, 0.29) is 5.41 Å². The van der Waals surface area contributed by atoms with Gasteiger partial charge < -0.3 is 15.4 Å². The Bertz CT molecular complexity index is 821. The molecule has 1 aliphatic rings. The fourth-order valence-electron chi connectivity index (χ4n) is 3.34. The number of hydrogen-bond acceptors (Lipinski definition) is 5. The lowest BCUT2D eigenvalue weighted by Crippen LogP contribution is -2.38. The first-order valence-electron chi connectivity index (χ1n) is 10.7. The van der Waals surface area contributed by atoms with Crippen LogP contribution in [0.25, 0.3) is 0 Å². The molecule has 2 aromatic rings. The van der Waals surface area contributed by atoms with Crippen LogP contribution in [-0.4, -0.2) is 55.7 Å². The van der Waals surface area contributed by atoms with E-state index in [9.17, 15) is 0 Å². The number of morpholine rings is 1. The summed E-state index contributed by atoms with van der Waals surface area (Å²) in [5.74, 6) is 0.823. The van der Waals surface area contributed by atoms with Gasteiger partial charge >= 0.3 is 0 Å². The maximum Gasteiger partial charge on any atom is 0.191 e. The minimum absolute atomic E-state index is 0.106. The standard InChI is InChI=1S/C23H35N5OS/c1-23(2,3)20-17-30-21(27-20)9-10-25-22(24-4)26-15-18-7-5-6-8-19(18)16-28-11-13-29-14-12-28/h5-8,17H,9-16H2,1-4H3,(H2,24,25,26). The van der Waals surface area contributed by atoms with E-state index in [4.69, 9.17) is 9.72 Å². The van der Waals surface area contributed by atoms with Crippen molar-refractivity contribution in [1.82, 2.24) is 20.5 Å². The van der Waals surface area contributed by atoms with Crippen molar-refractivity contribution in [2.45, 2.75) is 45.7 Å². The fourth-order valence-corrected chi connectivity index (χ4v) is 4.37. The first-order chi connectivity index (χ1) is 14.5. The fraction of sp³-hybridized carbons (Fsp3) is 0.565. The third-order valence-electron chi connectivity index (χ3n) is 5.24. The summed E-state index contributed by atoms with van der Waals surface area (Å²) >= 11 is 1.74. The summed E-state index contributed by atoms with van der Waals surface area (Å²) in [5, 5.41) is 10.2. The van der Waals surface area contributed by atoms with Gasteiger partial charge in [0.2, 0.25) is 0 Å². The Morgan fingerprint density at radius 2 is 1.90 bits per heavy atom. The summed E-state index contributed by atoms with van der Waals surface area (Å²) < 4.78 is 5.47. The van der Waals surface area contributed by atoms with Crippen molar-refractivity contribution in [2.24, 2.45) is 4.99 Å². The molecule has 1 aromatic heterocycles. The van der Waals surface area contributed by atoms with Gasteiger partial charge in [-0.1, -0.05) is 45.0 Å². The number of nitrogens with one attached hydrogen (secondary N) is 2. The lowest BCUT2D eigenvalue weighted by Gasteiger charge is -2.27. The molecule has 7 heteroatoms. The number of benzene rings is 1. The highest BCUT2D eigenvalue weighted by atomic mass is 32.1. The summed E-state index contributed by atoms with van der Waals surface area (Å²) in [5.41, 5.74) is 3.94. The third kappa shape index (κ3) is 6.79. The van der Waals surface area contributed by atoms with Crippen molar-refractivity contribution in [1.29, 1.82) is 0 Å². The van der Waals surface area contributed by atoms with E-state index >= 15 is 0 Å². The zero-order valence-corrected chi connectivity index (χ0v) is 19.5. The number of nitrogens with zero attached hydrogens (tertiary/aromatic N) is 3. The van der Waals surface area contributed by atoms with Crippen molar-refractivity contribution in [2.75, 3.05) is 39.9 Å². The zero-order valence-electron chi connectivity index (χ0n) is 18.7. The van der Waals surface area contributed by atoms with Gasteiger partial charge in [-0.2, -0.15) is 0 Å². The molecule has 1 saturated heterocycles. The Kier molecular flexibility index (Phi) is 8.24. The molecule has 3 rings (SSSR count). The molecule has 164 valence electrons. The quantitative estimate of drug-likeness (QED) is 0.523. The molecule has 0 unspecified atom stereocenters. The Labute approximate surface area is 184 Å². The topological polar surface area (TPSA) is 61.8 Å². The van der Waals surface area contributed by atoms with Crippen molar-refractivity contribution in [3.05, 3.63) is 51.5 Å². The van der Waals surface area contributed by atoms with Crippen LogP contribution < -0.4 is 10.6 Å². The van der Waals surface area contributed by atoms with Gasteiger partial charge in [-0.3, -0.25) is 9.89 Å². The maximum atomic E-state index is 5.47. The average molecular weight is 430 g/mol. The predicted molar refractivity (Wildman–Crippen MR) is 125 cm³/mol. The van der Waals surface area contributed by atoms with Crippen molar-refractivity contribution < 1.29 is 4.74 Å². The number of ether oxygens (including phenoxy) is 1. The van der Waals surface area contributed by atoms with Crippen LogP contribution in [0.4, 0.5) is 0 Å². The van der Waals surface area contributed by atoms with Crippen LogP contribution in [0.1, 0.15) is 42.6 Å². The average Bonchev–Trinajstić information content (AvgIpc) is 3.22. The van der Waals surface area contributed by atoms with Gasteiger partial charge in [-0.25, -0.2) is 4.98 Å². The molecule has 0 aliphatic carbocycles. The Hall–Kier alpha value is -1.96. The minimum Gasteiger partial charge on any atom is -0.379 e. The third-order valence-corrected chi connectivity index (χ3v) is 6.15. The first kappa shape index (κ1) is 22.7. The molecule has 2 N–H and O–H groups in total. The summed E-state index contributed by atoms with van der Waals surface area (Å²) in [6, 6.07) is 8.63. The van der Waals surface area contributed by atoms with Crippen LogP contribution in [0.3, 0.4) is 0 Å². The lowest BCUT2D eigenvalue weighted by atomic mass is 9.93. The maximum absolute atomic E-state index is 5.47. The van der Waals surface area contributed by atoms with Crippen LogP contribution >= 0.6 is 11.3 Å². The molecule has 1 aliphatic heterocycles. The Balaban J connectivity index is 1.48. The van der Waals surface area contributed by atoms with Crippen molar-refractivity contribution in [3.63, 3.8) is 0 Å². The Morgan fingerprint density at radius 1 is 1.17 bits per heavy atom. The zero-order chi connectivity index (χ0) is 21.4. The van der Waals surface area contributed by atoms with Crippen LogP contribution in [0.5, 0.6) is 0 Å². The van der Waals surface area contributed by atoms with Gasteiger partial charge in [0.1, 0.15) is 0 Å². The second-order valence-corrected chi connectivity index (χ2v) is 9.58. The van der Waals surface area contributed by atoms with Gasteiger partial charge in [0.15, 0.2) is 5.96 Å². The van der Waals surface area contributed by atoms with E-state index in [1.54, 1.807) is 11.3 Å². The second kappa shape index (κ2) is 10.9. The number of aromatic nitrogens is 1. The van der Waals surface area contributed by atoms with E-state index in [2.05, 4.69) is 70.9 Å². The van der Waals surface area contributed by atoms with Crippen LogP contribution in [0.15, 0.2) is 34.6 Å². The van der Waals surface area contributed by atoms with Gasteiger partial charge in [-0.15, -0.1) is 11.3 Å². The first-order valence-corrected chi connectivity index (χ1v) is 11.6. The second-order valence-electron chi connectivity index (χ2n) is 8.64. The van der Waals surface area contributed by atoms with E-state index in [0.29, 0.717) is 0 Å². The highest BCUT2D eigenvalue weighted by molar-refractivity contribution is 7.09.